The maximum atomic E-state index is 2.47. The molecule has 0 aromatic rings. The third-order valence-electron chi connectivity index (χ3n) is 5.25. The number of rotatable bonds is 0. The number of hydrogen-bond donors (Lipinski definition) is 0. The Bertz CT molecular complexity index is 261. The summed E-state index contributed by atoms with van der Waals surface area (Å²) < 4.78 is 0. The van der Waals surface area contributed by atoms with Crippen LogP contribution in [0.25, 0.3) is 0 Å². The Labute approximate surface area is 131 Å². The molecule has 1 unspecified atom stereocenters. The van der Waals surface area contributed by atoms with Crippen LogP contribution >= 0.6 is 0 Å². The van der Waals surface area contributed by atoms with Gasteiger partial charge < -0.3 is 0 Å². The maximum Gasteiger partial charge on any atom is 0 e. The van der Waals surface area contributed by atoms with Crippen LogP contribution in [0.2, 0.25) is 0 Å². The zero-order valence-corrected chi connectivity index (χ0v) is 16.2. The van der Waals surface area contributed by atoms with Crippen LogP contribution in [-0.2, 0) is 22.4 Å². The van der Waals surface area contributed by atoms with Gasteiger partial charge in [-0.05, 0) is 46.8 Å². The zero-order valence-electron chi connectivity index (χ0n) is 14.0. The normalized spacial score (nSPS) is 27.5. The minimum Gasteiger partial charge on any atom is -0.0625 e. The summed E-state index contributed by atoms with van der Waals surface area (Å²) in [4.78, 5) is 0. The molecule has 1 aliphatic rings. The zero-order chi connectivity index (χ0) is 13.7. The third-order valence-corrected chi connectivity index (χ3v) is 5.25. The largest absolute Gasteiger partial charge is 0.0625 e. The summed E-state index contributed by atoms with van der Waals surface area (Å²) in [6.45, 7) is 22.1. The SMILES string of the molecule is CC1CC(C)(C)CC(C(C)(C)C)(C(C)(C)C)C1.[Au]. The van der Waals surface area contributed by atoms with Gasteiger partial charge in [-0.2, -0.15) is 0 Å². The average Bonchev–Trinajstić information content (AvgIpc) is 1.95. The van der Waals surface area contributed by atoms with E-state index < -0.39 is 0 Å². The van der Waals surface area contributed by atoms with Gasteiger partial charge in [-0.3, -0.25) is 0 Å². The van der Waals surface area contributed by atoms with E-state index in [2.05, 4.69) is 62.3 Å². The molecule has 0 spiro atoms. The van der Waals surface area contributed by atoms with Crippen LogP contribution < -0.4 is 0 Å². The van der Waals surface area contributed by atoms with Gasteiger partial charge in [0.2, 0.25) is 0 Å². The molecule has 113 valence electrons. The Hall–Kier alpha value is 0.740. The summed E-state index contributed by atoms with van der Waals surface area (Å²) in [5.74, 6) is 0.859. The fourth-order valence-electron chi connectivity index (χ4n) is 4.84. The fraction of sp³-hybridized carbons (Fsp3) is 1.00. The first-order chi connectivity index (χ1) is 7.31. The quantitative estimate of drug-likeness (QED) is 0.415. The third kappa shape index (κ3) is 3.44. The molecule has 18 heavy (non-hydrogen) atoms. The van der Waals surface area contributed by atoms with Crippen LogP contribution in [0.4, 0.5) is 0 Å². The molecule has 0 amide bonds. The van der Waals surface area contributed by atoms with E-state index in [1.807, 2.05) is 0 Å². The molecule has 1 radical (unpaired) electrons. The van der Waals surface area contributed by atoms with Crippen molar-refractivity contribution in [3.63, 3.8) is 0 Å². The molecule has 0 aliphatic heterocycles. The molecule has 1 atom stereocenters. The van der Waals surface area contributed by atoms with Crippen molar-refractivity contribution in [1.29, 1.82) is 0 Å². The number of hydrogen-bond acceptors (Lipinski definition) is 0. The van der Waals surface area contributed by atoms with E-state index in [1.54, 1.807) is 0 Å². The van der Waals surface area contributed by atoms with E-state index in [-0.39, 0.29) is 22.4 Å². The molecule has 0 heterocycles. The van der Waals surface area contributed by atoms with Crippen molar-refractivity contribution in [3.05, 3.63) is 0 Å². The minimum atomic E-state index is 0. The molecule has 0 saturated heterocycles. The van der Waals surface area contributed by atoms with Crippen molar-refractivity contribution in [1.82, 2.24) is 0 Å². The first kappa shape index (κ1) is 18.7. The van der Waals surface area contributed by atoms with Gasteiger partial charge in [0.05, 0.1) is 0 Å². The Morgan fingerprint density at radius 1 is 0.833 bits per heavy atom. The second-order valence-corrected chi connectivity index (χ2v) is 9.44. The van der Waals surface area contributed by atoms with Gasteiger partial charge in [-0.1, -0.05) is 62.3 Å². The molecule has 0 nitrogen and oxygen atoms in total. The molecule has 1 aliphatic carbocycles. The second-order valence-electron chi connectivity index (χ2n) is 9.44. The van der Waals surface area contributed by atoms with E-state index in [0.29, 0.717) is 21.7 Å². The molecule has 0 aromatic carbocycles. The smallest absolute Gasteiger partial charge is 0 e. The van der Waals surface area contributed by atoms with Crippen molar-refractivity contribution in [2.24, 2.45) is 27.6 Å². The molecule has 0 N–H and O–H groups in total. The first-order valence-electron chi connectivity index (χ1n) is 7.31. The Morgan fingerprint density at radius 3 is 1.50 bits per heavy atom. The molecule has 1 rings (SSSR count). The second kappa shape index (κ2) is 5.26. The summed E-state index contributed by atoms with van der Waals surface area (Å²) >= 11 is 0. The van der Waals surface area contributed by atoms with E-state index in [4.69, 9.17) is 0 Å². The van der Waals surface area contributed by atoms with Crippen LogP contribution in [0.3, 0.4) is 0 Å². The van der Waals surface area contributed by atoms with E-state index in [0.717, 1.165) is 5.92 Å². The van der Waals surface area contributed by atoms with Gasteiger partial charge in [0.15, 0.2) is 0 Å². The van der Waals surface area contributed by atoms with Gasteiger partial charge in [-0.25, -0.2) is 0 Å². The summed E-state index contributed by atoms with van der Waals surface area (Å²) in [5.41, 5.74) is 1.73. The monoisotopic (exact) mass is 435 g/mol. The molecule has 1 saturated carbocycles. The average molecular weight is 435 g/mol. The molecule has 0 bridgehead atoms. The predicted molar refractivity (Wildman–Crippen MR) is 78.1 cm³/mol. The van der Waals surface area contributed by atoms with Gasteiger partial charge in [-0.15, -0.1) is 0 Å². The van der Waals surface area contributed by atoms with Gasteiger partial charge in [0, 0.05) is 22.4 Å². The van der Waals surface area contributed by atoms with Crippen molar-refractivity contribution in [2.45, 2.75) is 81.6 Å². The maximum absolute atomic E-state index is 2.47. The van der Waals surface area contributed by atoms with Gasteiger partial charge in [0.1, 0.15) is 0 Å². The van der Waals surface area contributed by atoms with Crippen LogP contribution in [0.1, 0.15) is 81.6 Å². The Morgan fingerprint density at radius 2 is 1.22 bits per heavy atom. The van der Waals surface area contributed by atoms with Crippen molar-refractivity contribution < 1.29 is 22.4 Å². The topological polar surface area (TPSA) is 0 Å². The van der Waals surface area contributed by atoms with Crippen LogP contribution in [-0.4, -0.2) is 0 Å². The van der Waals surface area contributed by atoms with E-state index in [1.165, 1.54) is 19.3 Å². The van der Waals surface area contributed by atoms with E-state index >= 15 is 0 Å². The summed E-state index contributed by atoms with van der Waals surface area (Å²) in [6.07, 6.45) is 4.15. The fourth-order valence-corrected chi connectivity index (χ4v) is 4.84. The van der Waals surface area contributed by atoms with E-state index in [9.17, 15) is 0 Å². The Kier molecular flexibility index (Phi) is 5.48. The van der Waals surface area contributed by atoms with Crippen molar-refractivity contribution >= 4 is 0 Å². The van der Waals surface area contributed by atoms with Crippen molar-refractivity contribution in [3.8, 4) is 0 Å². The van der Waals surface area contributed by atoms with Crippen LogP contribution in [0.15, 0.2) is 0 Å². The van der Waals surface area contributed by atoms with Gasteiger partial charge >= 0.3 is 0 Å². The summed E-state index contributed by atoms with van der Waals surface area (Å²) in [6, 6.07) is 0. The van der Waals surface area contributed by atoms with Gasteiger partial charge in [0.25, 0.3) is 0 Å². The molecule has 0 aromatic heterocycles. The molecular weight excluding hydrogens is 401 g/mol. The standard InChI is InChI=1S/C17H34.Au/c1-13-10-16(8,9)12-17(11-13,14(2,3)4)15(5,6)7;/h13H,10-12H2,1-9H3;. The van der Waals surface area contributed by atoms with Crippen molar-refractivity contribution in [2.75, 3.05) is 0 Å². The molecule has 1 fully saturated rings. The molecule has 1 heteroatoms. The summed E-state index contributed by atoms with van der Waals surface area (Å²) in [5, 5.41) is 0. The Balaban J connectivity index is 0.00000289. The predicted octanol–water partition coefficient (Wildman–Crippen LogP) is 5.91. The first-order valence-corrected chi connectivity index (χ1v) is 7.31. The molecular formula is C17H34Au. The minimum absolute atomic E-state index is 0. The van der Waals surface area contributed by atoms with Crippen LogP contribution in [0, 0.1) is 27.6 Å². The van der Waals surface area contributed by atoms with Crippen LogP contribution in [0.5, 0.6) is 0 Å². The summed E-state index contributed by atoms with van der Waals surface area (Å²) in [7, 11) is 0.